The van der Waals surface area contributed by atoms with Crippen LogP contribution in [0.4, 0.5) is 10.6 Å². The Morgan fingerprint density at radius 1 is 1.35 bits per heavy atom. The molecule has 3 rings (SSSR count). The lowest BCUT2D eigenvalue weighted by molar-refractivity contribution is 0.247. The molecule has 92 valence electrons. The van der Waals surface area contributed by atoms with Crippen molar-refractivity contribution >= 4 is 11.8 Å². The van der Waals surface area contributed by atoms with E-state index in [9.17, 15) is 4.79 Å². The minimum Gasteiger partial charge on any atom is -0.370 e. The Balaban J connectivity index is 2.06. The van der Waals surface area contributed by atoms with Crippen molar-refractivity contribution in [3.05, 3.63) is 11.3 Å². The lowest BCUT2D eigenvalue weighted by atomic mass is 9.81. The molecule has 3 N–H and O–H groups in total. The van der Waals surface area contributed by atoms with Gasteiger partial charge in [0.2, 0.25) is 0 Å². The molecule has 2 aliphatic rings. The molecule has 5 heteroatoms. The standard InChI is InChI=1S/C12H18N4O/c13-12(17)16-11-9(6-1-2-7-14-11)10(15-16)8-4-3-5-8/h8,14H,1-7H2,(H2,13,17). The number of carbonyl (C=O) groups excluding carboxylic acids is 1. The van der Waals surface area contributed by atoms with Crippen molar-refractivity contribution < 1.29 is 4.79 Å². The van der Waals surface area contributed by atoms with E-state index in [1.807, 2.05) is 0 Å². The van der Waals surface area contributed by atoms with Gasteiger partial charge in [0, 0.05) is 18.0 Å². The molecule has 1 aromatic rings. The van der Waals surface area contributed by atoms with E-state index in [4.69, 9.17) is 5.73 Å². The smallest absolute Gasteiger partial charge is 0.341 e. The average molecular weight is 234 g/mol. The van der Waals surface area contributed by atoms with Gasteiger partial charge >= 0.3 is 6.03 Å². The summed E-state index contributed by atoms with van der Waals surface area (Å²) in [5, 5.41) is 7.73. The summed E-state index contributed by atoms with van der Waals surface area (Å²) >= 11 is 0. The van der Waals surface area contributed by atoms with Gasteiger partial charge in [-0.3, -0.25) is 0 Å². The summed E-state index contributed by atoms with van der Waals surface area (Å²) < 4.78 is 1.36. The van der Waals surface area contributed by atoms with Gasteiger partial charge in [-0.2, -0.15) is 9.78 Å². The highest BCUT2D eigenvalue weighted by molar-refractivity contribution is 5.79. The molecule has 5 nitrogen and oxygen atoms in total. The second-order valence-electron chi connectivity index (χ2n) is 4.97. The monoisotopic (exact) mass is 234 g/mol. The average Bonchev–Trinajstić information content (AvgIpc) is 2.44. The van der Waals surface area contributed by atoms with Crippen LogP contribution in [0.5, 0.6) is 0 Å². The Morgan fingerprint density at radius 3 is 2.82 bits per heavy atom. The Bertz CT molecular complexity index is 448. The van der Waals surface area contributed by atoms with Crippen LogP contribution >= 0.6 is 0 Å². The number of anilines is 1. The lowest BCUT2D eigenvalue weighted by Crippen LogP contribution is -2.23. The highest BCUT2D eigenvalue weighted by Crippen LogP contribution is 2.40. The molecule has 1 aromatic heterocycles. The van der Waals surface area contributed by atoms with Crippen LogP contribution in [0, 0.1) is 0 Å². The molecule has 0 radical (unpaired) electrons. The first-order valence-corrected chi connectivity index (χ1v) is 6.43. The number of fused-ring (bicyclic) bond motifs is 1. The van der Waals surface area contributed by atoms with E-state index in [0.29, 0.717) is 5.92 Å². The van der Waals surface area contributed by atoms with Crippen LogP contribution in [-0.4, -0.2) is 22.4 Å². The van der Waals surface area contributed by atoms with Gasteiger partial charge in [0.05, 0.1) is 5.69 Å². The minimum absolute atomic E-state index is 0.485. The number of amides is 1. The number of primary amides is 1. The van der Waals surface area contributed by atoms with E-state index < -0.39 is 6.03 Å². The Hall–Kier alpha value is -1.52. The zero-order valence-electron chi connectivity index (χ0n) is 9.91. The summed E-state index contributed by atoms with van der Waals surface area (Å²) in [6, 6.07) is -0.485. The van der Waals surface area contributed by atoms with Gasteiger partial charge < -0.3 is 11.1 Å². The van der Waals surface area contributed by atoms with E-state index in [1.165, 1.54) is 29.5 Å². The molecular weight excluding hydrogens is 216 g/mol. The lowest BCUT2D eigenvalue weighted by Gasteiger charge is -2.24. The Morgan fingerprint density at radius 2 is 2.18 bits per heavy atom. The molecule has 1 aliphatic heterocycles. The van der Waals surface area contributed by atoms with Gasteiger partial charge in [0.15, 0.2) is 0 Å². The maximum absolute atomic E-state index is 11.4. The zero-order chi connectivity index (χ0) is 11.8. The summed E-state index contributed by atoms with van der Waals surface area (Å²) in [4.78, 5) is 11.4. The van der Waals surface area contributed by atoms with Gasteiger partial charge in [-0.05, 0) is 32.1 Å². The molecular formula is C12H18N4O. The largest absolute Gasteiger partial charge is 0.370 e. The van der Waals surface area contributed by atoms with E-state index in [2.05, 4.69) is 10.4 Å². The van der Waals surface area contributed by atoms with Crippen LogP contribution < -0.4 is 11.1 Å². The van der Waals surface area contributed by atoms with Crippen molar-refractivity contribution in [3.8, 4) is 0 Å². The normalized spacial score (nSPS) is 20.0. The summed E-state index contributed by atoms with van der Waals surface area (Å²) in [5.74, 6) is 1.39. The van der Waals surface area contributed by atoms with Crippen LogP contribution in [0.15, 0.2) is 0 Å². The van der Waals surface area contributed by atoms with E-state index in [1.54, 1.807) is 0 Å². The molecule has 1 saturated carbocycles. The summed E-state index contributed by atoms with van der Waals surface area (Å²) in [7, 11) is 0. The molecule has 1 fully saturated rings. The first kappa shape index (κ1) is 10.6. The maximum atomic E-state index is 11.4. The van der Waals surface area contributed by atoms with Crippen molar-refractivity contribution in [2.45, 2.75) is 44.4 Å². The van der Waals surface area contributed by atoms with Gasteiger partial charge in [0.1, 0.15) is 5.82 Å². The highest BCUT2D eigenvalue weighted by Gasteiger charge is 2.29. The number of nitrogens with zero attached hydrogens (tertiary/aromatic N) is 2. The molecule has 0 saturated heterocycles. The van der Waals surface area contributed by atoms with E-state index in [-0.39, 0.29) is 0 Å². The van der Waals surface area contributed by atoms with Crippen molar-refractivity contribution in [3.63, 3.8) is 0 Å². The number of aromatic nitrogens is 2. The second-order valence-corrected chi connectivity index (χ2v) is 4.97. The van der Waals surface area contributed by atoms with Crippen LogP contribution in [0.1, 0.15) is 49.3 Å². The van der Waals surface area contributed by atoms with Crippen molar-refractivity contribution in [1.29, 1.82) is 0 Å². The Kier molecular flexibility index (Phi) is 2.53. The fraction of sp³-hybridized carbons (Fsp3) is 0.667. The van der Waals surface area contributed by atoms with Gasteiger partial charge in [0.25, 0.3) is 0 Å². The van der Waals surface area contributed by atoms with Crippen molar-refractivity contribution in [2.75, 3.05) is 11.9 Å². The molecule has 0 aromatic carbocycles. The molecule has 0 atom stereocenters. The maximum Gasteiger partial charge on any atom is 0.341 e. The minimum atomic E-state index is -0.485. The van der Waals surface area contributed by atoms with E-state index >= 15 is 0 Å². The quantitative estimate of drug-likeness (QED) is 0.778. The summed E-state index contributed by atoms with van der Waals surface area (Å²) in [6.45, 7) is 0.899. The molecule has 1 amide bonds. The Labute approximate surface area is 100 Å². The number of nitrogens with two attached hydrogens (primary N) is 1. The van der Waals surface area contributed by atoms with Gasteiger partial charge in [-0.1, -0.05) is 6.42 Å². The molecule has 0 spiro atoms. The van der Waals surface area contributed by atoms with E-state index in [0.717, 1.165) is 37.3 Å². The number of hydrogen-bond acceptors (Lipinski definition) is 3. The van der Waals surface area contributed by atoms with Crippen LogP contribution in [0.2, 0.25) is 0 Å². The molecule has 17 heavy (non-hydrogen) atoms. The van der Waals surface area contributed by atoms with Crippen LogP contribution in [0.3, 0.4) is 0 Å². The third kappa shape index (κ3) is 1.69. The third-order valence-corrected chi connectivity index (χ3v) is 3.86. The number of nitrogens with one attached hydrogen (secondary N) is 1. The van der Waals surface area contributed by atoms with Crippen LogP contribution in [0.25, 0.3) is 0 Å². The predicted molar refractivity (Wildman–Crippen MR) is 65.2 cm³/mol. The highest BCUT2D eigenvalue weighted by atomic mass is 16.2. The number of rotatable bonds is 1. The van der Waals surface area contributed by atoms with Gasteiger partial charge in [-0.25, -0.2) is 4.79 Å². The molecule has 1 aliphatic carbocycles. The topological polar surface area (TPSA) is 72.9 Å². The predicted octanol–water partition coefficient (Wildman–Crippen LogP) is 1.83. The first-order valence-electron chi connectivity index (χ1n) is 6.43. The van der Waals surface area contributed by atoms with Crippen LogP contribution in [-0.2, 0) is 6.42 Å². The molecule has 2 heterocycles. The summed E-state index contributed by atoms with van der Waals surface area (Å²) in [6.07, 6.45) is 6.98. The van der Waals surface area contributed by atoms with Crippen molar-refractivity contribution in [1.82, 2.24) is 9.78 Å². The fourth-order valence-corrected chi connectivity index (χ4v) is 2.70. The zero-order valence-corrected chi connectivity index (χ0v) is 9.91. The molecule has 0 bridgehead atoms. The second kappa shape index (κ2) is 4.05. The third-order valence-electron chi connectivity index (χ3n) is 3.86. The van der Waals surface area contributed by atoms with Crippen molar-refractivity contribution in [2.24, 2.45) is 5.73 Å². The number of hydrogen-bond donors (Lipinski definition) is 2. The van der Waals surface area contributed by atoms with Gasteiger partial charge in [-0.15, -0.1) is 0 Å². The molecule has 0 unspecified atom stereocenters. The first-order chi connectivity index (χ1) is 8.27. The number of carbonyl (C=O) groups is 1. The summed E-state index contributed by atoms with van der Waals surface area (Å²) in [5.41, 5.74) is 7.72. The fourth-order valence-electron chi connectivity index (χ4n) is 2.70. The SMILES string of the molecule is NC(=O)n1nc(C2CCC2)c2c1NCCCC2.